The van der Waals surface area contributed by atoms with E-state index in [9.17, 15) is 18.3 Å². The van der Waals surface area contributed by atoms with Crippen molar-refractivity contribution in [3.8, 4) is 0 Å². The molecule has 6 nitrogen and oxygen atoms in total. The first-order valence-corrected chi connectivity index (χ1v) is 8.39. The maximum Gasteiger partial charge on any atom is 0.226 e. The normalized spacial score (nSPS) is 29.1. The molecule has 1 unspecified atom stereocenters. The van der Waals surface area contributed by atoms with Crippen LogP contribution < -0.4 is 0 Å². The minimum absolute atomic E-state index is 0.0578. The molecule has 0 aromatic rings. The highest BCUT2D eigenvalue weighted by Crippen LogP contribution is 2.24. The lowest BCUT2D eigenvalue weighted by atomic mass is 9.93. The monoisotopic (exact) mass is 291 g/mol. The average molecular weight is 291 g/mol. The number of nitrogens with zero attached hydrogens (tertiary/aromatic N) is 1. The lowest BCUT2D eigenvalue weighted by Crippen LogP contribution is -2.48. The third kappa shape index (κ3) is 3.67. The molecule has 0 bridgehead atoms. The highest BCUT2D eigenvalue weighted by molar-refractivity contribution is 7.91. The summed E-state index contributed by atoms with van der Waals surface area (Å²) in [5.74, 6) is -0.591. The van der Waals surface area contributed by atoms with Crippen LogP contribution in [0.2, 0.25) is 0 Å². The second kappa shape index (κ2) is 5.38. The van der Waals surface area contributed by atoms with Crippen LogP contribution in [-0.2, 0) is 19.4 Å². The van der Waals surface area contributed by atoms with Crippen molar-refractivity contribution in [3.05, 3.63) is 0 Å². The minimum atomic E-state index is -3.05. The SMILES string of the molecule is CN(CC1(O)CCOCC1)C(=O)C1CCS(=O)(=O)C1. The molecule has 7 heteroatoms. The van der Waals surface area contributed by atoms with E-state index >= 15 is 0 Å². The van der Waals surface area contributed by atoms with E-state index in [-0.39, 0.29) is 24.0 Å². The Morgan fingerprint density at radius 2 is 2.05 bits per heavy atom. The molecule has 1 N–H and O–H groups in total. The van der Waals surface area contributed by atoms with Crippen LogP contribution in [0.15, 0.2) is 0 Å². The quantitative estimate of drug-likeness (QED) is 0.752. The predicted octanol–water partition coefficient (Wildman–Crippen LogP) is -0.579. The van der Waals surface area contributed by atoms with Gasteiger partial charge in [0, 0.05) is 39.6 Å². The largest absolute Gasteiger partial charge is 0.388 e. The maximum absolute atomic E-state index is 12.2. The van der Waals surface area contributed by atoms with Gasteiger partial charge in [0.1, 0.15) is 0 Å². The number of carbonyl (C=O) groups is 1. The molecule has 2 aliphatic heterocycles. The third-order valence-corrected chi connectivity index (χ3v) is 5.68. The molecule has 0 saturated carbocycles. The van der Waals surface area contributed by atoms with Gasteiger partial charge in [-0.2, -0.15) is 0 Å². The van der Waals surface area contributed by atoms with E-state index in [4.69, 9.17) is 4.74 Å². The van der Waals surface area contributed by atoms with Crippen LogP contribution >= 0.6 is 0 Å². The fourth-order valence-corrected chi connectivity index (χ4v) is 4.46. The van der Waals surface area contributed by atoms with Crippen LogP contribution in [-0.4, -0.2) is 68.2 Å². The summed E-state index contributed by atoms with van der Waals surface area (Å²) in [6, 6.07) is 0. The van der Waals surface area contributed by atoms with Crippen molar-refractivity contribution in [1.29, 1.82) is 0 Å². The summed E-state index contributed by atoms with van der Waals surface area (Å²) in [7, 11) is -1.43. The van der Waals surface area contributed by atoms with Crippen molar-refractivity contribution in [2.45, 2.75) is 24.9 Å². The summed E-state index contributed by atoms with van der Waals surface area (Å²) in [5, 5.41) is 10.3. The molecule has 0 aromatic heterocycles. The fourth-order valence-electron chi connectivity index (χ4n) is 2.73. The molecular weight excluding hydrogens is 270 g/mol. The van der Waals surface area contributed by atoms with Gasteiger partial charge < -0.3 is 14.7 Å². The van der Waals surface area contributed by atoms with Crippen molar-refractivity contribution in [1.82, 2.24) is 4.90 Å². The average Bonchev–Trinajstić information content (AvgIpc) is 2.69. The molecule has 0 aromatic carbocycles. The number of carbonyl (C=O) groups excluding carboxylic acids is 1. The van der Waals surface area contributed by atoms with E-state index in [0.717, 1.165) is 0 Å². The van der Waals surface area contributed by atoms with E-state index in [1.54, 1.807) is 7.05 Å². The third-order valence-electron chi connectivity index (χ3n) is 3.91. The molecular formula is C12H21NO5S. The molecule has 1 atom stereocenters. The van der Waals surface area contributed by atoms with Gasteiger partial charge in [0.05, 0.1) is 23.0 Å². The summed E-state index contributed by atoms with van der Waals surface area (Å²) in [4.78, 5) is 13.6. The lowest BCUT2D eigenvalue weighted by Gasteiger charge is -2.36. The van der Waals surface area contributed by atoms with Gasteiger partial charge in [0.25, 0.3) is 0 Å². The van der Waals surface area contributed by atoms with Gasteiger partial charge in [-0.3, -0.25) is 4.79 Å². The first-order valence-electron chi connectivity index (χ1n) is 6.57. The zero-order chi connectivity index (χ0) is 14.1. The van der Waals surface area contributed by atoms with Gasteiger partial charge in [-0.25, -0.2) is 8.42 Å². The second-order valence-electron chi connectivity index (χ2n) is 5.63. The van der Waals surface area contributed by atoms with Gasteiger partial charge in [0.15, 0.2) is 9.84 Å². The molecule has 2 aliphatic rings. The molecule has 110 valence electrons. The molecule has 1 amide bonds. The van der Waals surface area contributed by atoms with Gasteiger partial charge in [-0.05, 0) is 6.42 Å². The van der Waals surface area contributed by atoms with E-state index < -0.39 is 21.4 Å². The summed E-state index contributed by atoms with van der Waals surface area (Å²) in [5.41, 5.74) is -0.903. The Kier molecular flexibility index (Phi) is 4.17. The van der Waals surface area contributed by atoms with Crippen LogP contribution in [0.5, 0.6) is 0 Å². The number of ether oxygens (including phenoxy) is 1. The standard InChI is InChI=1S/C12H21NO5S/c1-13(9-12(15)3-5-18-6-4-12)11(14)10-2-7-19(16,17)8-10/h10,15H,2-9H2,1H3. The number of likely N-dealkylation sites (N-methyl/N-ethyl adjacent to an activating group) is 1. The zero-order valence-corrected chi connectivity index (χ0v) is 12.0. The molecule has 0 aliphatic carbocycles. The summed E-state index contributed by atoms with van der Waals surface area (Å²) < 4.78 is 28.0. The van der Waals surface area contributed by atoms with E-state index in [1.807, 2.05) is 0 Å². The van der Waals surface area contributed by atoms with Crippen molar-refractivity contribution < 1.29 is 23.1 Å². The summed E-state index contributed by atoms with van der Waals surface area (Å²) in [6.45, 7) is 1.23. The zero-order valence-electron chi connectivity index (χ0n) is 11.2. The Labute approximate surface area is 113 Å². The van der Waals surface area contributed by atoms with Crippen LogP contribution in [0.3, 0.4) is 0 Å². The highest BCUT2D eigenvalue weighted by Gasteiger charge is 2.37. The van der Waals surface area contributed by atoms with Gasteiger partial charge in [-0.15, -0.1) is 0 Å². The van der Waals surface area contributed by atoms with Crippen LogP contribution in [0.4, 0.5) is 0 Å². The smallest absolute Gasteiger partial charge is 0.226 e. The summed E-state index contributed by atoms with van der Waals surface area (Å²) >= 11 is 0. The molecule has 2 fully saturated rings. The Morgan fingerprint density at radius 1 is 1.42 bits per heavy atom. The Morgan fingerprint density at radius 3 is 2.58 bits per heavy atom. The number of amides is 1. The second-order valence-corrected chi connectivity index (χ2v) is 7.86. The molecule has 2 saturated heterocycles. The molecule has 2 rings (SSSR count). The Bertz CT molecular complexity index is 441. The number of rotatable bonds is 3. The topological polar surface area (TPSA) is 83.9 Å². The summed E-state index contributed by atoms with van der Waals surface area (Å²) in [6.07, 6.45) is 1.41. The first kappa shape index (κ1) is 14.7. The number of aliphatic hydroxyl groups is 1. The van der Waals surface area contributed by atoms with Gasteiger partial charge in [0.2, 0.25) is 5.91 Å². The maximum atomic E-state index is 12.2. The Hall–Kier alpha value is -0.660. The van der Waals surface area contributed by atoms with Crippen molar-refractivity contribution in [3.63, 3.8) is 0 Å². The predicted molar refractivity (Wildman–Crippen MR) is 69.4 cm³/mol. The minimum Gasteiger partial charge on any atom is -0.388 e. The molecule has 0 spiro atoms. The van der Waals surface area contributed by atoms with Crippen LogP contribution in [0.1, 0.15) is 19.3 Å². The Balaban J connectivity index is 1.92. The van der Waals surface area contributed by atoms with Crippen molar-refractivity contribution >= 4 is 15.7 Å². The van der Waals surface area contributed by atoms with Crippen LogP contribution in [0.25, 0.3) is 0 Å². The molecule has 2 heterocycles. The van der Waals surface area contributed by atoms with Gasteiger partial charge in [-0.1, -0.05) is 0 Å². The number of sulfone groups is 1. The molecule has 19 heavy (non-hydrogen) atoms. The van der Waals surface area contributed by atoms with E-state index in [2.05, 4.69) is 0 Å². The van der Waals surface area contributed by atoms with Gasteiger partial charge >= 0.3 is 0 Å². The highest BCUT2D eigenvalue weighted by atomic mass is 32.2. The lowest BCUT2D eigenvalue weighted by molar-refractivity contribution is -0.140. The fraction of sp³-hybridized carbons (Fsp3) is 0.917. The molecule has 0 radical (unpaired) electrons. The van der Waals surface area contributed by atoms with Crippen LogP contribution in [0, 0.1) is 5.92 Å². The van der Waals surface area contributed by atoms with Crippen molar-refractivity contribution in [2.24, 2.45) is 5.92 Å². The first-order chi connectivity index (χ1) is 8.81. The number of hydrogen-bond donors (Lipinski definition) is 1. The number of hydrogen-bond acceptors (Lipinski definition) is 5. The van der Waals surface area contributed by atoms with E-state index in [1.165, 1.54) is 4.90 Å². The van der Waals surface area contributed by atoms with Crippen molar-refractivity contribution in [2.75, 3.05) is 38.3 Å². The van der Waals surface area contributed by atoms with E-state index in [0.29, 0.717) is 32.5 Å².